The second kappa shape index (κ2) is 4.11. The number of carbonyl (C=O) groups is 2. The molecule has 0 aliphatic rings. The molecule has 0 aliphatic carbocycles. The largest absolute Gasteiger partial charge is 0.507 e. The zero-order chi connectivity index (χ0) is 10.7. The molecule has 4 nitrogen and oxygen atoms in total. The van der Waals surface area contributed by atoms with E-state index in [1.807, 2.05) is 0 Å². The predicted molar refractivity (Wildman–Crippen MR) is 50.1 cm³/mol. The number of halogens is 1. The van der Waals surface area contributed by atoms with Gasteiger partial charge in [0.2, 0.25) is 0 Å². The molecule has 14 heavy (non-hydrogen) atoms. The summed E-state index contributed by atoms with van der Waals surface area (Å²) in [4.78, 5) is 21.7. The molecule has 0 atom stereocenters. The Balaban J connectivity index is 3.19. The van der Waals surface area contributed by atoms with Gasteiger partial charge in [0.05, 0.1) is 5.88 Å². The van der Waals surface area contributed by atoms with Crippen LogP contribution in [-0.4, -0.2) is 27.8 Å². The van der Waals surface area contributed by atoms with Crippen LogP contribution in [-0.2, 0) is 0 Å². The second-order valence-corrected chi connectivity index (χ2v) is 2.86. The lowest BCUT2D eigenvalue weighted by Crippen LogP contribution is -2.04. The summed E-state index contributed by atoms with van der Waals surface area (Å²) in [6, 6.07) is 3.58. The van der Waals surface area contributed by atoms with Crippen LogP contribution in [0.5, 0.6) is 5.75 Å². The minimum absolute atomic E-state index is 0.176. The number of rotatable bonds is 3. The first-order valence-electron chi connectivity index (χ1n) is 3.71. The first kappa shape index (κ1) is 10.5. The molecule has 0 saturated heterocycles. The molecule has 0 aromatic heterocycles. The summed E-state index contributed by atoms with van der Waals surface area (Å²) in [5.74, 6) is -2.26. The fourth-order valence-electron chi connectivity index (χ4n) is 0.958. The highest BCUT2D eigenvalue weighted by Crippen LogP contribution is 2.18. The number of aromatic hydroxyl groups is 1. The summed E-state index contributed by atoms with van der Waals surface area (Å²) in [6.07, 6.45) is 0. The van der Waals surface area contributed by atoms with Gasteiger partial charge in [0.1, 0.15) is 11.3 Å². The Morgan fingerprint density at radius 2 is 2.00 bits per heavy atom. The summed E-state index contributed by atoms with van der Waals surface area (Å²) in [6.45, 7) is 0. The molecule has 0 heterocycles. The van der Waals surface area contributed by atoms with Crippen molar-refractivity contribution in [2.45, 2.75) is 0 Å². The van der Waals surface area contributed by atoms with Gasteiger partial charge < -0.3 is 10.2 Å². The van der Waals surface area contributed by atoms with Crippen molar-refractivity contribution in [3.8, 4) is 5.75 Å². The van der Waals surface area contributed by atoms with Crippen LogP contribution in [0.3, 0.4) is 0 Å². The first-order valence-corrected chi connectivity index (χ1v) is 4.25. The molecule has 0 radical (unpaired) electrons. The number of hydrogen-bond acceptors (Lipinski definition) is 3. The minimum atomic E-state index is -1.29. The smallest absolute Gasteiger partial charge is 0.339 e. The Labute approximate surface area is 84.7 Å². The van der Waals surface area contributed by atoms with Crippen LogP contribution in [0.4, 0.5) is 0 Å². The van der Waals surface area contributed by atoms with Gasteiger partial charge in [-0.15, -0.1) is 11.6 Å². The Bertz CT molecular complexity index is 386. The predicted octanol–water partition coefficient (Wildman–Crippen LogP) is 1.51. The van der Waals surface area contributed by atoms with E-state index in [9.17, 15) is 9.59 Å². The molecule has 2 N–H and O–H groups in total. The average molecular weight is 215 g/mol. The molecule has 0 saturated carbocycles. The van der Waals surface area contributed by atoms with Crippen LogP contribution in [0, 0.1) is 0 Å². The number of aromatic carboxylic acids is 1. The third-order valence-electron chi connectivity index (χ3n) is 1.67. The lowest BCUT2D eigenvalue weighted by molar-refractivity contribution is 0.0693. The van der Waals surface area contributed by atoms with E-state index in [-0.39, 0.29) is 28.5 Å². The molecular weight excluding hydrogens is 208 g/mol. The number of ketones is 1. The Hall–Kier alpha value is -1.55. The van der Waals surface area contributed by atoms with Crippen molar-refractivity contribution in [1.29, 1.82) is 0 Å². The third kappa shape index (κ3) is 2.03. The van der Waals surface area contributed by atoms with Gasteiger partial charge in [0.25, 0.3) is 0 Å². The van der Waals surface area contributed by atoms with Gasteiger partial charge in [0.15, 0.2) is 5.78 Å². The SMILES string of the molecule is O=C(CCl)c1ccc(O)c(C(=O)O)c1. The number of benzene rings is 1. The molecule has 0 aliphatic heterocycles. The van der Waals surface area contributed by atoms with Crippen molar-refractivity contribution in [2.75, 3.05) is 5.88 Å². The minimum Gasteiger partial charge on any atom is -0.507 e. The van der Waals surface area contributed by atoms with E-state index in [1.54, 1.807) is 0 Å². The maximum atomic E-state index is 11.1. The van der Waals surface area contributed by atoms with Crippen LogP contribution in [0.15, 0.2) is 18.2 Å². The normalized spacial score (nSPS) is 9.79. The molecule has 1 aromatic carbocycles. The van der Waals surface area contributed by atoms with Gasteiger partial charge in [-0.1, -0.05) is 0 Å². The van der Waals surface area contributed by atoms with E-state index in [0.29, 0.717) is 0 Å². The highest BCUT2D eigenvalue weighted by atomic mass is 35.5. The van der Waals surface area contributed by atoms with E-state index in [2.05, 4.69) is 0 Å². The Kier molecular flexibility index (Phi) is 3.09. The zero-order valence-corrected chi connectivity index (χ0v) is 7.78. The summed E-state index contributed by atoms with van der Waals surface area (Å²) in [5, 5.41) is 17.8. The van der Waals surface area contributed by atoms with E-state index in [1.165, 1.54) is 6.07 Å². The first-order chi connectivity index (χ1) is 6.56. The number of alkyl halides is 1. The number of carboxylic acid groups (broad SMARTS) is 1. The quantitative estimate of drug-likeness (QED) is 0.591. The van der Waals surface area contributed by atoms with Crippen molar-refractivity contribution in [3.05, 3.63) is 29.3 Å². The van der Waals surface area contributed by atoms with Gasteiger partial charge in [-0.05, 0) is 18.2 Å². The third-order valence-corrected chi connectivity index (χ3v) is 1.91. The lowest BCUT2D eigenvalue weighted by Gasteiger charge is -2.01. The second-order valence-electron chi connectivity index (χ2n) is 2.59. The van der Waals surface area contributed by atoms with Gasteiger partial charge in [-0.3, -0.25) is 4.79 Å². The summed E-state index contributed by atoms with van der Waals surface area (Å²) in [5.41, 5.74) is -0.129. The number of phenols is 1. The highest BCUT2D eigenvalue weighted by molar-refractivity contribution is 6.30. The molecule has 0 spiro atoms. The van der Waals surface area contributed by atoms with Crippen LogP contribution >= 0.6 is 11.6 Å². The van der Waals surface area contributed by atoms with E-state index >= 15 is 0 Å². The Morgan fingerprint density at radius 3 is 2.50 bits per heavy atom. The summed E-state index contributed by atoms with van der Waals surface area (Å²) >= 11 is 5.30. The van der Waals surface area contributed by atoms with E-state index in [0.717, 1.165) is 12.1 Å². The van der Waals surface area contributed by atoms with Crippen molar-refractivity contribution < 1.29 is 19.8 Å². The molecular formula is C9H7ClO4. The van der Waals surface area contributed by atoms with Gasteiger partial charge in [-0.2, -0.15) is 0 Å². The summed E-state index contributed by atoms with van der Waals surface area (Å²) in [7, 11) is 0. The molecule has 5 heteroatoms. The van der Waals surface area contributed by atoms with Crippen molar-refractivity contribution in [3.63, 3.8) is 0 Å². The van der Waals surface area contributed by atoms with Gasteiger partial charge in [0, 0.05) is 5.56 Å². The molecule has 1 aromatic rings. The molecule has 74 valence electrons. The standard InChI is InChI=1S/C9H7ClO4/c10-4-8(12)5-1-2-7(11)6(3-5)9(13)14/h1-3,11H,4H2,(H,13,14). The maximum Gasteiger partial charge on any atom is 0.339 e. The highest BCUT2D eigenvalue weighted by Gasteiger charge is 2.12. The van der Waals surface area contributed by atoms with Crippen LogP contribution in [0.1, 0.15) is 20.7 Å². The van der Waals surface area contributed by atoms with Crippen molar-refractivity contribution in [1.82, 2.24) is 0 Å². The van der Waals surface area contributed by atoms with E-state index < -0.39 is 5.97 Å². The van der Waals surface area contributed by atoms with Crippen LogP contribution in [0.25, 0.3) is 0 Å². The fourth-order valence-corrected chi connectivity index (χ4v) is 1.11. The Morgan fingerprint density at radius 1 is 1.36 bits per heavy atom. The van der Waals surface area contributed by atoms with Crippen LogP contribution in [0.2, 0.25) is 0 Å². The number of Topliss-reactive ketones (excluding diaryl/α,β-unsaturated/α-hetero) is 1. The van der Waals surface area contributed by atoms with E-state index in [4.69, 9.17) is 21.8 Å². The number of carbonyl (C=O) groups excluding carboxylic acids is 1. The zero-order valence-electron chi connectivity index (χ0n) is 7.03. The van der Waals surface area contributed by atoms with Crippen LogP contribution < -0.4 is 0 Å². The molecule has 1 rings (SSSR count). The maximum absolute atomic E-state index is 11.1. The average Bonchev–Trinajstić information content (AvgIpc) is 2.17. The van der Waals surface area contributed by atoms with Gasteiger partial charge in [-0.25, -0.2) is 4.79 Å². The molecule has 0 fully saturated rings. The fraction of sp³-hybridized carbons (Fsp3) is 0.111. The van der Waals surface area contributed by atoms with Gasteiger partial charge >= 0.3 is 5.97 Å². The molecule has 0 unspecified atom stereocenters. The van der Waals surface area contributed by atoms with Crippen molar-refractivity contribution >= 4 is 23.4 Å². The monoisotopic (exact) mass is 214 g/mol. The molecule has 0 bridgehead atoms. The summed E-state index contributed by atoms with van der Waals surface area (Å²) < 4.78 is 0. The molecule has 0 amide bonds. The lowest BCUT2D eigenvalue weighted by atomic mass is 10.1. The number of carboxylic acids is 1. The van der Waals surface area contributed by atoms with Crippen molar-refractivity contribution in [2.24, 2.45) is 0 Å². The topological polar surface area (TPSA) is 74.6 Å². The number of hydrogen-bond donors (Lipinski definition) is 2.